The second kappa shape index (κ2) is 10.4. The molecular weight excluding hydrogens is 384 g/mol. The summed E-state index contributed by atoms with van der Waals surface area (Å²) < 4.78 is 0. The zero-order valence-electron chi connectivity index (χ0n) is 16.1. The topological polar surface area (TPSA) is 49.4 Å². The maximum atomic E-state index is 12.4. The normalized spacial score (nSPS) is 10.4. The SMILES string of the molecule is O=C(NCCc1ccccc1)c1ccc(CN(C(=O)CCl)c2ccccc2)cc1. The molecule has 0 fully saturated rings. The number of hydrogen-bond acceptors (Lipinski definition) is 2. The minimum absolute atomic E-state index is 0.0865. The first-order chi connectivity index (χ1) is 14.2. The summed E-state index contributed by atoms with van der Waals surface area (Å²) in [5, 5.41) is 2.94. The molecule has 0 unspecified atom stereocenters. The van der Waals surface area contributed by atoms with Crippen molar-refractivity contribution in [2.75, 3.05) is 17.3 Å². The van der Waals surface area contributed by atoms with Gasteiger partial charge in [-0.2, -0.15) is 0 Å². The maximum Gasteiger partial charge on any atom is 0.251 e. The highest BCUT2D eigenvalue weighted by Gasteiger charge is 2.15. The molecule has 0 atom stereocenters. The monoisotopic (exact) mass is 406 g/mol. The average molecular weight is 407 g/mol. The van der Waals surface area contributed by atoms with Gasteiger partial charge in [0.25, 0.3) is 5.91 Å². The van der Waals surface area contributed by atoms with E-state index >= 15 is 0 Å². The number of halogens is 1. The van der Waals surface area contributed by atoms with Crippen molar-refractivity contribution in [1.29, 1.82) is 0 Å². The van der Waals surface area contributed by atoms with Gasteiger partial charge in [0, 0.05) is 17.8 Å². The number of nitrogens with one attached hydrogen (secondary N) is 1. The van der Waals surface area contributed by atoms with Gasteiger partial charge in [-0.3, -0.25) is 9.59 Å². The second-order valence-corrected chi connectivity index (χ2v) is 6.90. The van der Waals surface area contributed by atoms with Crippen LogP contribution < -0.4 is 10.2 Å². The number of amides is 2. The fraction of sp³-hybridized carbons (Fsp3) is 0.167. The smallest absolute Gasteiger partial charge is 0.251 e. The molecular formula is C24H23ClN2O2. The molecule has 3 aromatic rings. The third-order valence-corrected chi connectivity index (χ3v) is 4.81. The molecule has 29 heavy (non-hydrogen) atoms. The lowest BCUT2D eigenvalue weighted by atomic mass is 10.1. The van der Waals surface area contributed by atoms with Gasteiger partial charge in [-0.25, -0.2) is 0 Å². The van der Waals surface area contributed by atoms with Crippen LogP contribution in [0.4, 0.5) is 5.69 Å². The number of benzene rings is 3. The molecule has 0 aliphatic heterocycles. The Morgan fingerprint density at radius 2 is 1.41 bits per heavy atom. The van der Waals surface area contributed by atoms with Gasteiger partial charge in [0.05, 0.1) is 6.54 Å². The predicted molar refractivity (Wildman–Crippen MR) is 117 cm³/mol. The number of hydrogen-bond donors (Lipinski definition) is 1. The summed E-state index contributed by atoms with van der Waals surface area (Å²) in [7, 11) is 0. The molecule has 148 valence electrons. The number of rotatable bonds is 8. The van der Waals surface area contributed by atoms with Crippen LogP contribution in [0.15, 0.2) is 84.9 Å². The number of nitrogens with zero attached hydrogens (tertiary/aromatic N) is 1. The molecule has 5 heteroatoms. The number of carbonyl (C=O) groups is 2. The molecule has 3 aromatic carbocycles. The van der Waals surface area contributed by atoms with E-state index in [-0.39, 0.29) is 17.7 Å². The summed E-state index contributed by atoms with van der Waals surface area (Å²) in [6.45, 7) is 0.974. The maximum absolute atomic E-state index is 12.4. The quantitative estimate of drug-likeness (QED) is 0.562. The summed E-state index contributed by atoms with van der Waals surface area (Å²) in [5.41, 5.74) is 3.50. The van der Waals surface area contributed by atoms with Crippen LogP contribution in [0.3, 0.4) is 0 Å². The van der Waals surface area contributed by atoms with E-state index in [1.165, 1.54) is 5.56 Å². The van der Waals surface area contributed by atoms with Crippen LogP contribution in [0.25, 0.3) is 0 Å². The van der Waals surface area contributed by atoms with Crippen LogP contribution in [0.2, 0.25) is 0 Å². The predicted octanol–water partition coefficient (Wildman–Crippen LogP) is 4.43. The minimum Gasteiger partial charge on any atom is -0.352 e. The Kier molecular flexibility index (Phi) is 7.42. The molecule has 0 aromatic heterocycles. The van der Waals surface area contributed by atoms with E-state index in [0.29, 0.717) is 18.7 Å². The molecule has 4 nitrogen and oxygen atoms in total. The minimum atomic E-state index is -0.166. The van der Waals surface area contributed by atoms with Gasteiger partial charge in [-0.05, 0) is 41.8 Å². The van der Waals surface area contributed by atoms with Crippen molar-refractivity contribution in [2.45, 2.75) is 13.0 Å². The molecule has 0 saturated heterocycles. The lowest BCUT2D eigenvalue weighted by Gasteiger charge is -2.22. The van der Waals surface area contributed by atoms with Crippen molar-refractivity contribution in [3.8, 4) is 0 Å². The Morgan fingerprint density at radius 1 is 0.793 bits per heavy atom. The molecule has 2 amide bonds. The van der Waals surface area contributed by atoms with E-state index in [0.717, 1.165) is 17.7 Å². The van der Waals surface area contributed by atoms with E-state index in [1.807, 2.05) is 72.8 Å². The first-order valence-electron chi connectivity index (χ1n) is 9.50. The van der Waals surface area contributed by atoms with Gasteiger partial charge in [0.2, 0.25) is 5.91 Å². The molecule has 3 rings (SSSR count). The Bertz CT molecular complexity index is 928. The fourth-order valence-electron chi connectivity index (χ4n) is 3.01. The van der Waals surface area contributed by atoms with Crippen LogP contribution in [-0.2, 0) is 17.8 Å². The summed E-state index contributed by atoms with van der Waals surface area (Å²) in [6.07, 6.45) is 0.789. The van der Waals surface area contributed by atoms with Crippen LogP contribution in [0, 0.1) is 0 Å². The van der Waals surface area contributed by atoms with Gasteiger partial charge >= 0.3 is 0 Å². The van der Waals surface area contributed by atoms with Gasteiger partial charge < -0.3 is 10.2 Å². The van der Waals surface area contributed by atoms with Gasteiger partial charge in [-0.1, -0.05) is 60.7 Å². The van der Waals surface area contributed by atoms with E-state index in [4.69, 9.17) is 11.6 Å². The van der Waals surface area contributed by atoms with Crippen LogP contribution in [0.1, 0.15) is 21.5 Å². The molecule has 0 radical (unpaired) electrons. The van der Waals surface area contributed by atoms with E-state index in [9.17, 15) is 9.59 Å². The first kappa shape index (κ1) is 20.6. The van der Waals surface area contributed by atoms with Crippen molar-refractivity contribution in [1.82, 2.24) is 5.32 Å². The van der Waals surface area contributed by atoms with E-state index in [1.54, 1.807) is 17.0 Å². The zero-order chi connectivity index (χ0) is 20.5. The summed E-state index contributed by atoms with van der Waals surface area (Å²) in [4.78, 5) is 26.2. The largest absolute Gasteiger partial charge is 0.352 e. The average Bonchev–Trinajstić information content (AvgIpc) is 2.78. The van der Waals surface area contributed by atoms with Crippen LogP contribution >= 0.6 is 11.6 Å². The second-order valence-electron chi connectivity index (χ2n) is 6.64. The summed E-state index contributed by atoms with van der Waals surface area (Å²) >= 11 is 5.78. The Hall–Kier alpha value is -3.11. The standard InChI is InChI=1S/C24H23ClN2O2/c25-17-23(28)27(22-9-5-2-6-10-22)18-20-11-13-21(14-12-20)24(29)26-16-15-19-7-3-1-4-8-19/h1-14H,15-18H2,(H,26,29). The Labute approximate surface area is 176 Å². The van der Waals surface area contributed by atoms with E-state index in [2.05, 4.69) is 5.32 Å². The van der Waals surface area contributed by atoms with Crippen molar-refractivity contribution in [2.24, 2.45) is 0 Å². The molecule has 1 N–H and O–H groups in total. The lowest BCUT2D eigenvalue weighted by molar-refractivity contribution is -0.116. The van der Waals surface area contributed by atoms with Crippen molar-refractivity contribution in [3.63, 3.8) is 0 Å². The summed E-state index contributed by atoms with van der Waals surface area (Å²) in [5.74, 6) is -0.360. The Morgan fingerprint density at radius 3 is 2.03 bits per heavy atom. The zero-order valence-corrected chi connectivity index (χ0v) is 16.8. The molecule has 0 heterocycles. The van der Waals surface area contributed by atoms with Gasteiger partial charge in [0.15, 0.2) is 0 Å². The highest BCUT2D eigenvalue weighted by molar-refractivity contribution is 6.29. The Balaban J connectivity index is 1.59. The lowest BCUT2D eigenvalue weighted by Crippen LogP contribution is -2.31. The number of carbonyl (C=O) groups excluding carboxylic acids is 2. The molecule has 0 saturated carbocycles. The third kappa shape index (κ3) is 5.93. The highest BCUT2D eigenvalue weighted by Crippen LogP contribution is 2.18. The summed E-state index contributed by atoms with van der Waals surface area (Å²) in [6, 6.07) is 26.7. The molecule has 0 aliphatic rings. The van der Waals surface area contributed by atoms with Crippen molar-refractivity contribution >= 4 is 29.1 Å². The fourth-order valence-corrected chi connectivity index (χ4v) is 3.16. The first-order valence-corrected chi connectivity index (χ1v) is 10.0. The van der Waals surface area contributed by atoms with Crippen molar-refractivity contribution in [3.05, 3.63) is 102 Å². The van der Waals surface area contributed by atoms with E-state index < -0.39 is 0 Å². The highest BCUT2D eigenvalue weighted by atomic mass is 35.5. The molecule has 0 aliphatic carbocycles. The van der Waals surface area contributed by atoms with Gasteiger partial charge in [-0.15, -0.1) is 11.6 Å². The molecule has 0 bridgehead atoms. The number of alkyl halides is 1. The third-order valence-electron chi connectivity index (χ3n) is 4.58. The van der Waals surface area contributed by atoms with Crippen LogP contribution in [-0.4, -0.2) is 24.2 Å². The van der Waals surface area contributed by atoms with Crippen molar-refractivity contribution < 1.29 is 9.59 Å². The molecule has 0 spiro atoms. The number of para-hydroxylation sites is 1. The van der Waals surface area contributed by atoms with Crippen LogP contribution in [0.5, 0.6) is 0 Å². The van der Waals surface area contributed by atoms with Gasteiger partial charge in [0.1, 0.15) is 5.88 Å². The number of anilines is 1.